The summed E-state index contributed by atoms with van der Waals surface area (Å²) in [5, 5.41) is 29.9. The van der Waals surface area contributed by atoms with Crippen LogP contribution in [0.5, 0.6) is 0 Å². The quantitative estimate of drug-likeness (QED) is 0.0642. The van der Waals surface area contributed by atoms with Crippen molar-refractivity contribution in [1.82, 2.24) is 0 Å². The first-order valence-electron chi connectivity index (χ1n) is 13.9. The Morgan fingerprint density at radius 3 is 1.72 bits per heavy atom. The third-order valence-electron chi connectivity index (χ3n) is 6.10. The maximum Gasteiger partial charge on any atom is 0.213 e. The molecule has 2 atom stereocenters. The van der Waals surface area contributed by atoms with Gasteiger partial charge in [0.05, 0.1) is 6.61 Å². The minimum atomic E-state index is -2.62. The standard InChI is InChI=1S/C31H50O5/c1-3-5-7-9-10-11-12-13-14-15-16-17-18-19-20-22-24-26-29(34)31(36,30(35)27-32)28(33)25-23-21-8-6-4-2/h14-20,22,24,26,30,32,35-36H,3-13,21,23,25,27H2,1-2H3. The lowest BCUT2D eigenvalue weighted by atomic mass is 9.84. The molecule has 0 saturated carbocycles. The van der Waals surface area contributed by atoms with Gasteiger partial charge in [-0.25, -0.2) is 0 Å². The minimum Gasteiger partial charge on any atom is -0.394 e. The monoisotopic (exact) mass is 502 g/mol. The maximum atomic E-state index is 12.5. The van der Waals surface area contributed by atoms with Crippen molar-refractivity contribution in [3.63, 3.8) is 0 Å². The third kappa shape index (κ3) is 15.8. The summed E-state index contributed by atoms with van der Waals surface area (Å²) in [5.74, 6) is -1.69. The van der Waals surface area contributed by atoms with Gasteiger partial charge in [-0.3, -0.25) is 9.59 Å². The number of aliphatic hydroxyl groups is 3. The van der Waals surface area contributed by atoms with Crippen LogP contribution in [0, 0.1) is 0 Å². The molecule has 0 aliphatic rings. The molecule has 36 heavy (non-hydrogen) atoms. The van der Waals surface area contributed by atoms with Crippen molar-refractivity contribution in [2.24, 2.45) is 0 Å². The second kappa shape index (κ2) is 23.3. The number of ketones is 2. The van der Waals surface area contributed by atoms with E-state index < -0.39 is 29.9 Å². The van der Waals surface area contributed by atoms with Crippen molar-refractivity contribution < 1.29 is 24.9 Å². The van der Waals surface area contributed by atoms with Crippen LogP contribution in [0.2, 0.25) is 0 Å². The van der Waals surface area contributed by atoms with E-state index in [0.29, 0.717) is 6.42 Å². The van der Waals surface area contributed by atoms with Gasteiger partial charge in [0.25, 0.3) is 0 Å². The normalized spacial score (nSPS) is 15.1. The number of unbranched alkanes of at least 4 members (excludes halogenated alkanes) is 11. The van der Waals surface area contributed by atoms with Crippen molar-refractivity contribution in [2.45, 2.75) is 115 Å². The van der Waals surface area contributed by atoms with Crippen LogP contribution in [0.1, 0.15) is 104 Å². The zero-order chi connectivity index (χ0) is 26.9. The van der Waals surface area contributed by atoms with E-state index in [4.69, 9.17) is 0 Å². The summed E-state index contributed by atoms with van der Waals surface area (Å²) in [6.07, 6.45) is 30.4. The number of aliphatic hydroxyl groups excluding tert-OH is 2. The van der Waals surface area contributed by atoms with Crippen molar-refractivity contribution >= 4 is 11.6 Å². The predicted molar refractivity (Wildman–Crippen MR) is 150 cm³/mol. The van der Waals surface area contributed by atoms with E-state index in [2.05, 4.69) is 19.9 Å². The van der Waals surface area contributed by atoms with Crippen LogP contribution < -0.4 is 0 Å². The van der Waals surface area contributed by atoms with Crippen LogP contribution in [-0.2, 0) is 9.59 Å². The van der Waals surface area contributed by atoms with Crippen molar-refractivity contribution in [3.8, 4) is 0 Å². The van der Waals surface area contributed by atoms with Crippen LogP contribution in [0.4, 0.5) is 0 Å². The van der Waals surface area contributed by atoms with Crippen LogP contribution >= 0.6 is 0 Å². The molecule has 0 bridgehead atoms. The third-order valence-corrected chi connectivity index (χ3v) is 6.10. The average molecular weight is 503 g/mol. The number of carbonyl (C=O) groups excluding carboxylic acids is 2. The predicted octanol–water partition coefficient (Wildman–Crippen LogP) is 6.49. The van der Waals surface area contributed by atoms with Gasteiger partial charge in [0.1, 0.15) is 6.10 Å². The van der Waals surface area contributed by atoms with E-state index in [9.17, 15) is 24.9 Å². The Kier molecular flexibility index (Phi) is 22.0. The molecule has 0 spiro atoms. The lowest BCUT2D eigenvalue weighted by Gasteiger charge is -2.28. The average Bonchev–Trinajstić information content (AvgIpc) is 2.88. The summed E-state index contributed by atoms with van der Waals surface area (Å²) >= 11 is 0. The molecular weight excluding hydrogens is 452 g/mol. The molecule has 0 amide bonds. The molecule has 0 radical (unpaired) electrons. The Hall–Kier alpha value is -2.08. The number of Topliss-reactive ketones (excluding diaryl/α,β-unsaturated/α-hetero) is 1. The molecular formula is C31H50O5. The van der Waals surface area contributed by atoms with Gasteiger partial charge in [-0.05, 0) is 25.3 Å². The molecule has 0 aromatic carbocycles. The van der Waals surface area contributed by atoms with Crippen molar-refractivity contribution in [2.75, 3.05) is 6.61 Å². The molecule has 0 aliphatic carbocycles. The summed E-state index contributed by atoms with van der Waals surface area (Å²) in [7, 11) is 0. The van der Waals surface area contributed by atoms with Gasteiger partial charge >= 0.3 is 0 Å². The van der Waals surface area contributed by atoms with Gasteiger partial charge in [0.2, 0.25) is 5.60 Å². The SMILES string of the molecule is CCCCCCCCCC=CC=CC=CC=CC=CC(=O)C(O)(C(=O)CCCCCCC)C(O)CO. The topological polar surface area (TPSA) is 94.8 Å². The fourth-order valence-corrected chi connectivity index (χ4v) is 3.75. The zero-order valence-electron chi connectivity index (χ0n) is 22.6. The van der Waals surface area contributed by atoms with Gasteiger partial charge in [0.15, 0.2) is 11.6 Å². The first-order chi connectivity index (χ1) is 17.4. The van der Waals surface area contributed by atoms with E-state index in [1.807, 2.05) is 24.3 Å². The molecule has 0 rings (SSSR count). The highest BCUT2D eigenvalue weighted by molar-refractivity contribution is 6.15. The first-order valence-corrected chi connectivity index (χ1v) is 13.9. The fraction of sp³-hybridized carbons (Fsp3) is 0.613. The molecule has 5 nitrogen and oxygen atoms in total. The first kappa shape index (κ1) is 33.9. The molecule has 204 valence electrons. The Labute approximate surface area is 219 Å². The van der Waals surface area contributed by atoms with E-state index in [1.165, 1.54) is 51.0 Å². The van der Waals surface area contributed by atoms with E-state index in [-0.39, 0.29) is 6.42 Å². The Morgan fingerprint density at radius 1 is 0.694 bits per heavy atom. The Balaban J connectivity index is 4.45. The van der Waals surface area contributed by atoms with Gasteiger partial charge in [-0.1, -0.05) is 133 Å². The number of allylic oxidation sites excluding steroid dienone is 9. The second-order valence-electron chi connectivity index (χ2n) is 9.27. The van der Waals surface area contributed by atoms with Gasteiger partial charge in [-0.2, -0.15) is 0 Å². The zero-order valence-corrected chi connectivity index (χ0v) is 22.6. The van der Waals surface area contributed by atoms with Crippen molar-refractivity contribution in [3.05, 3.63) is 60.8 Å². The smallest absolute Gasteiger partial charge is 0.213 e. The number of carbonyl (C=O) groups is 2. The van der Waals surface area contributed by atoms with E-state index >= 15 is 0 Å². The number of rotatable bonds is 23. The highest BCUT2D eigenvalue weighted by Gasteiger charge is 2.47. The van der Waals surface area contributed by atoms with Crippen LogP contribution in [0.15, 0.2) is 60.8 Å². The highest BCUT2D eigenvalue weighted by atomic mass is 16.4. The van der Waals surface area contributed by atoms with Crippen LogP contribution in [0.25, 0.3) is 0 Å². The molecule has 0 fully saturated rings. The molecule has 0 aromatic heterocycles. The molecule has 0 aromatic rings. The molecule has 0 aliphatic heterocycles. The largest absolute Gasteiger partial charge is 0.394 e. The summed E-state index contributed by atoms with van der Waals surface area (Å²) in [4.78, 5) is 25.0. The van der Waals surface area contributed by atoms with Crippen LogP contribution in [0.3, 0.4) is 0 Å². The highest BCUT2D eigenvalue weighted by Crippen LogP contribution is 2.19. The molecule has 3 N–H and O–H groups in total. The number of hydrogen-bond donors (Lipinski definition) is 3. The van der Waals surface area contributed by atoms with Crippen molar-refractivity contribution in [1.29, 1.82) is 0 Å². The Morgan fingerprint density at radius 2 is 1.17 bits per heavy atom. The maximum absolute atomic E-state index is 12.5. The van der Waals surface area contributed by atoms with Gasteiger partial charge in [-0.15, -0.1) is 0 Å². The van der Waals surface area contributed by atoms with Gasteiger partial charge < -0.3 is 15.3 Å². The minimum absolute atomic E-state index is 0.0186. The van der Waals surface area contributed by atoms with Gasteiger partial charge in [0, 0.05) is 6.42 Å². The summed E-state index contributed by atoms with van der Waals surface area (Å²) in [5.41, 5.74) is -2.62. The summed E-state index contributed by atoms with van der Waals surface area (Å²) < 4.78 is 0. The lowest BCUT2D eigenvalue weighted by Crippen LogP contribution is -2.56. The molecule has 0 saturated heterocycles. The second-order valence-corrected chi connectivity index (χ2v) is 9.27. The summed E-state index contributed by atoms with van der Waals surface area (Å²) in [6, 6.07) is 0. The van der Waals surface area contributed by atoms with E-state index in [1.54, 1.807) is 18.2 Å². The molecule has 2 unspecified atom stereocenters. The van der Waals surface area contributed by atoms with E-state index in [0.717, 1.165) is 38.2 Å². The Bertz CT molecular complexity index is 716. The molecule has 0 heterocycles. The molecule has 5 heteroatoms. The number of hydrogen-bond acceptors (Lipinski definition) is 5. The van der Waals surface area contributed by atoms with Crippen LogP contribution in [-0.4, -0.2) is 45.2 Å². The fourth-order valence-electron chi connectivity index (χ4n) is 3.75. The lowest BCUT2D eigenvalue weighted by molar-refractivity contribution is -0.163. The summed E-state index contributed by atoms with van der Waals surface area (Å²) in [6.45, 7) is 3.45.